The van der Waals surface area contributed by atoms with Crippen LogP contribution in [0.25, 0.3) is 0 Å². The van der Waals surface area contributed by atoms with E-state index >= 15 is 0 Å². The van der Waals surface area contributed by atoms with Crippen molar-refractivity contribution >= 4 is 29.9 Å². The van der Waals surface area contributed by atoms with Crippen LogP contribution in [0.15, 0.2) is 4.99 Å². The summed E-state index contributed by atoms with van der Waals surface area (Å²) in [6.07, 6.45) is 0. The molecule has 1 atom stereocenters. The molecule has 0 bridgehead atoms. The van der Waals surface area contributed by atoms with Gasteiger partial charge >= 0.3 is 0 Å². The van der Waals surface area contributed by atoms with E-state index in [-0.39, 0.29) is 35.4 Å². The fourth-order valence-corrected chi connectivity index (χ4v) is 2.04. The van der Waals surface area contributed by atoms with Crippen LogP contribution < -0.4 is 10.6 Å². The molecular formula is C14H33IN4O. The summed E-state index contributed by atoms with van der Waals surface area (Å²) >= 11 is 0. The van der Waals surface area contributed by atoms with E-state index in [1.54, 1.807) is 7.11 Å². The first-order valence-corrected chi connectivity index (χ1v) is 6.99. The van der Waals surface area contributed by atoms with Crippen molar-refractivity contribution in [3.05, 3.63) is 0 Å². The van der Waals surface area contributed by atoms with Crippen molar-refractivity contribution in [2.45, 2.75) is 33.7 Å². The number of guanidine groups is 1. The molecular weight excluding hydrogens is 367 g/mol. The first-order chi connectivity index (χ1) is 8.80. The maximum atomic E-state index is 5.13. The summed E-state index contributed by atoms with van der Waals surface area (Å²) in [5.74, 6) is 0.860. The first kappa shape index (κ1) is 22.2. The lowest BCUT2D eigenvalue weighted by molar-refractivity contribution is 0.179. The number of aliphatic imine (C=N–C) groups is 1. The van der Waals surface area contributed by atoms with Gasteiger partial charge in [0.05, 0.1) is 6.61 Å². The van der Waals surface area contributed by atoms with Gasteiger partial charge in [-0.05, 0) is 33.4 Å². The maximum Gasteiger partial charge on any atom is 0.191 e. The van der Waals surface area contributed by atoms with Crippen LogP contribution in [0.4, 0.5) is 0 Å². The Kier molecular flexibility index (Phi) is 12.8. The molecule has 0 fully saturated rings. The van der Waals surface area contributed by atoms with Gasteiger partial charge in [0.25, 0.3) is 0 Å². The van der Waals surface area contributed by atoms with Crippen molar-refractivity contribution < 1.29 is 4.74 Å². The van der Waals surface area contributed by atoms with Crippen molar-refractivity contribution in [1.82, 2.24) is 15.5 Å². The predicted molar refractivity (Wildman–Crippen MR) is 98.2 cm³/mol. The summed E-state index contributed by atoms with van der Waals surface area (Å²) < 4.78 is 5.13. The normalized spacial score (nSPS) is 13.9. The SMILES string of the molecule is CCNC(=NCC(C)(C)CN(C)C)NC(C)COC.I. The molecule has 0 rings (SSSR count). The molecule has 0 saturated carbocycles. The lowest BCUT2D eigenvalue weighted by Gasteiger charge is -2.27. The minimum absolute atomic E-state index is 0. The van der Waals surface area contributed by atoms with E-state index in [2.05, 4.69) is 62.3 Å². The largest absolute Gasteiger partial charge is 0.383 e. The Morgan fingerprint density at radius 1 is 1.35 bits per heavy atom. The van der Waals surface area contributed by atoms with E-state index in [4.69, 9.17) is 4.74 Å². The van der Waals surface area contributed by atoms with Gasteiger partial charge in [0.1, 0.15) is 0 Å². The number of hydrogen-bond donors (Lipinski definition) is 2. The highest BCUT2D eigenvalue weighted by molar-refractivity contribution is 14.0. The highest BCUT2D eigenvalue weighted by Gasteiger charge is 2.18. The number of rotatable bonds is 8. The quantitative estimate of drug-likeness (QED) is 0.371. The van der Waals surface area contributed by atoms with E-state index in [0.29, 0.717) is 6.61 Å². The minimum atomic E-state index is 0. The summed E-state index contributed by atoms with van der Waals surface area (Å²) in [6.45, 7) is 12.0. The first-order valence-electron chi connectivity index (χ1n) is 6.99. The van der Waals surface area contributed by atoms with Gasteiger partial charge in [-0.25, -0.2) is 0 Å². The highest BCUT2D eigenvalue weighted by atomic mass is 127. The summed E-state index contributed by atoms with van der Waals surface area (Å²) in [5, 5.41) is 6.61. The Balaban J connectivity index is 0. The zero-order valence-electron chi connectivity index (χ0n) is 14.1. The summed E-state index contributed by atoms with van der Waals surface area (Å²) in [6, 6.07) is 0.250. The van der Waals surface area contributed by atoms with Crippen LogP contribution in [0.3, 0.4) is 0 Å². The summed E-state index contributed by atoms with van der Waals surface area (Å²) in [5.41, 5.74) is 0.163. The molecule has 0 heterocycles. The van der Waals surface area contributed by atoms with Crippen LogP contribution in [0.1, 0.15) is 27.7 Å². The Hall–Kier alpha value is -0.0800. The van der Waals surface area contributed by atoms with Gasteiger partial charge in [-0.15, -0.1) is 24.0 Å². The number of hydrogen-bond acceptors (Lipinski definition) is 3. The van der Waals surface area contributed by atoms with Crippen LogP contribution >= 0.6 is 24.0 Å². The summed E-state index contributed by atoms with van der Waals surface area (Å²) in [7, 11) is 5.90. The molecule has 0 aromatic rings. The van der Waals surface area contributed by atoms with Crippen LogP contribution in [-0.4, -0.2) is 64.3 Å². The third kappa shape index (κ3) is 11.7. The molecule has 2 N–H and O–H groups in total. The van der Waals surface area contributed by atoms with E-state index in [0.717, 1.165) is 25.6 Å². The molecule has 5 nitrogen and oxygen atoms in total. The molecule has 0 aromatic carbocycles. The predicted octanol–water partition coefficient (Wildman–Crippen LogP) is 1.78. The van der Waals surface area contributed by atoms with E-state index in [1.165, 1.54) is 0 Å². The van der Waals surface area contributed by atoms with Crippen LogP contribution in [0.2, 0.25) is 0 Å². The van der Waals surface area contributed by atoms with E-state index in [9.17, 15) is 0 Å². The molecule has 20 heavy (non-hydrogen) atoms. The van der Waals surface area contributed by atoms with Gasteiger partial charge in [0.15, 0.2) is 5.96 Å². The molecule has 0 aromatic heterocycles. The van der Waals surface area contributed by atoms with Gasteiger partial charge < -0.3 is 20.3 Å². The van der Waals surface area contributed by atoms with Gasteiger partial charge in [-0.2, -0.15) is 0 Å². The lowest BCUT2D eigenvalue weighted by Crippen LogP contribution is -2.44. The van der Waals surface area contributed by atoms with Crippen LogP contribution in [-0.2, 0) is 4.74 Å². The van der Waals surface area contributed by atoms with Crippen molar-refractivity contribution in [3.8, 4) is 0 Å². The lowest BCUT2D eigenvalue weighted by atomic mass is 9.93. The number of nitrogens with one attached hydrogen (secondary N) is 2. The molecule has 0 aliphatic heterocycles. The molecule has 6 heteroatoms. The van der Waals surface area contributed by atoms with Crippen LogP contribution in [0, 0.1) is 5.41 Å². The summed E-state index contributed by atoms with van der Waals surface area (Å²) in [4.78, 5) is 6.87. The van der Waals surface area contributed by atoms with Gasteiger partial charge in [-0.3, -0.25) is 4.99 Å². The van der Waals surface area contributed by atoms with Gasteiger partial charge in [-0.1, -0.05) is 13.8 Å². The standard InChI is InChI=1S/C14H32N4O.HI/c1-8-15-13(17-12(2)9-19-7)16-10-14(3,4)11-18(5)6;/h12H,8-11H2,1-7H3,(H2,15,16,17);1H. The average Bonchev–Trinajstić information content (AvgIpc) is 2.25. The number of ether oxygens (including phenoxy) is 1. The second kappa shape index (κ2) is 11.6. The monoisotopic (exact) mass is 400 g/mol. The molecule has 0 saturated heterocycles. The highest BCUT2D eigenvalue weighted by Crippen LogP contribution is 2.15. The molecule has 0 amide bonds. The fraction of sp³-hybridized carbons (Fsp3) is 0.929. The van der Waals surface area contributed by atoms with Crippen molar-refractivity contribution in [3.63, 3.8) is 0 Å². The minimum Gasteiger partial charge on any atom is -0.383 e. The fourth-order valence-electron chi connectivity index (χ4n) is 2.04. The second-order valence-electron chi connectivity index (χ2n) is 6.10. The van der Waals surface area contributed by atoms with Crippen molar-refractivity contribution in [2.75, 3.05) is 47.4 Å². The zero-order chi connectivity index (χ0) is 14.9. The number of nitrogens with zero attached hydrogens (tertiary/aromatic N) is 2. The molecule has 0 spiro atoms. The average molecular weight is 400 g/mol. The third-order valence-corrected chi connectivity index (χ3v) is 2.55. The topological polar surface area (TPSA) is 48.9 Å². The van der Waals surface area contributed by atoms with Crippen LogP contribution in [0.5, 0.6) is 0 Å². The van der Waals surface area contributed by atoms with E-state index < -0.39 is 0 Å². The third-order valence-electron chi connectivity index (χ3n) is 2.55. The Morgan fingerprint density at radius 3 is 2.40 bits per heavy atom. The molecule has 0 aliphatic carbocycles. The molecule has 0 radical (unpaired) electrons. The Bertz CT molecular complexity index is 270. The van der Waals surface area contributed by atoms with Gasteiger partial charge in [0, 0.05) is 32.8 Å². The van der Waals surface area contributed by atoms with E-state index in [1.807, 2.05) is 0 Å². The smallest absolute Gasteiger partial charge is 0.191 e. The number of halogens is 1. The van der Waals surface area contributed by atoms with Crippen molar-refractivity contribution in [2.24, 2.45) is 10.4 Å². The molecule has 1 unspecified atom stereocenters. The maximum absolute atomic E-state index is 5.13. The molecule has 122 valence electrons. The zero-order valence-corrected chi connectivity index (χ0v) is 16.4. The van der Waals surface area contributed by atoms with Gasteiger partial charge in [0.2, 0.25) is 0 Å². The number of methoxy groups -OCH3 is 1. The Morgan fingerprint density at radius 2 is 1.95 bits per heavy atom. The van der Waals surface area contributed by atoms with Crippen molar-refractivity contribution in [1.29, 1.82) is 0 Å². The Labute approximate surface area is 141 Å². The second-order valence-corrected chi connectivity index (χ2v) is 6.10. The molecule has 0 aliphatic rings.